The van der Waals surface area contributed by atoms with E-state index in [-0.39, 0.29) is 5.91 Å². The van der Waals surface area contributed by atoms with Crippen LogP contribution < -0.4 is 5.32 Å². The number of hydrogen-bond donors (Lipinski definition) is 1. The van der Waals surface area contributed by atoms with Gasteiger partial charge in [0, 0.05) is 12.6 Å². The lowest BCUT2D eigenvalue weighted by Crippen LogP contribution is -2.34. The minimum Gasteiger partial charge on any atom is -0.355 e. The molecule has 0 aliphatic heterocycles. The van der Waals surface area contributed by atoms with Crippen molar-refractivity contribution in [1.82, 2.24) is 5.32 Å². The Bertz CT molecular complexity index is 270. The SMILES string of the molecule is C=C(C(=O)NC)C1CC(C)CCC1C(C)C. The van der Waals surface area contributed by atoms with E-state index in [2.05, 4.69) is 32.7 Å². The first-order chi connectivity index (χ1) is 7.47. The Balaban J connectivity index is 2.78. The van der Waals surface area contributed by atoms with Crippen LogP contribution >= 0.6 is 0 Å². The van der Waals surface area contributed by atoms with Crippen LogP contribution in [0.5, 0.6) is 0 Å². The van der Waals surface area contributed by atoms with E-state index in [1.165, 1.54) is 12.8 Å². The molecule has 1 aliphatic carbocycles. The molecule has 0 aromatic carbocycles. The topological polar surface area (TPSA) is 29.1 Å². The molecule has 0 aromatic heterocycles. The lowest BCUT2D eigenvalue weighted by molar-refractivity contribution is -0.118. The standard InChI is InChI=1S/C14H25NO/c1-9(2)12-7-6-10(3)8-13(12)11(4)14(16)15-5/h9-10,12-13H,4,6-8H2,1-3,5H3,(H,15,16). The number of amides is 1. The Morgan fingerprint density at radius 1 is 1.38 bits per heavy atom. The molecule has 0 aromatic rings. The quantitative estimate of drug-likeness (QED) is 0.732. The van der Waals surface area contributed by atoms with Crippen molar-refractivity contribution < 1.29 is 4.79 Å². The molecule has 1 rings (SSSR count). The van der Waals surface area contributed by atoms with Gasteiger partial charge in [0.25, 0.3) is 0 Å². The van der Waals surface area contributed by atoms with Crippen molar-refractivity contribution in [3.63, 3.8) is 0 Å². The summed E-state index contributed by atoms with van der Waals surface area (Å²) in [6.45, 7) is 10.8. The smallest absolute Gasteiger partial charge is 0.246 e. The second-order valence-electron chi connectivity index (χ2n) is 5.54. The molecule has 1 aliphatic rings. The van der Waals surface area contributed by atoms with E-state index in [0.29, 0.717) is 17.8 Å². The van der Waals surface area contributed by atoms with Gasteiger partial charge in [0.2, 0.25) is 5.91 Å². The molecule has 16 heavy (non-hydrogen) atoms. The maximum Gasteiger partial charge on any atom is 0.246 e. The fraction of sp³-hybridized carbons (Fsp3) is 0.786. The first-order valence-corrected chi connectivity index (χ1v) is 6.38. The third kappa shape index (κ3) is 2.87. The number of carbonyl (C=O) groups excluding carboxylic acids is 1. The summed E-state index contributed by atoms with van der Waals surface area (Å²) in [4.78, 5) is 11.7. The molecule has 3 atom stereocenters. The molecule has 92 valence electrons. The van der Waals surface area contributed by atoms with Gasteiger partial charge in [0.1, 0.15) is 0 Å². The zero-order chi connectivity index (χ0) is 12.3. The maximum absolute atomic E-state index is 11.7. The van der Waals surface area contributed by atoms with Crippen molar-refractivity contribution in [1.29, 1.82) is 0 Å². The second kappa shape index (κ2) is 5.51. The van der Waals surface area contributed by atoms with E-state index in [1.807, 2.05) is 0 Å². The number of hydrogen-bond acceptors (Lipinski definition) is 1. The highest BCUT2D eigenvalue weighted by molar-refractivity contribution is 5.93. The van der Waals surface area contributed by atoms with Gasteiger partial charge >= 0.3 is 0 Å². The average Bonchev–Trinajstić information content (AvgIpc) is 2.26. The van der Waals surface area contributed by atoms with Crippen molar-refractivity contribution in [3.8, 4) is 0 Å². The summed E-state index contributed by atoms with van der Waals surface area (Å²) in [5.74, 6) is 2.38. The Kier molecular flexibility index (Phi) is 4.57. The zero-order valence-corrected chi connectivity index (χ0v) is 11.0. The van der Waals surface area contributed by atoms with Gasteiger partial charge in [-0.1, -0.05) is 33.8 Å². The monoisotopic (exact) mass is 223 g/mol. The normalized spacial score (nSPS) is 30.2. The van der Waals surface area contributed by atoms with Gasteiger partial charge in [-0.3, -0.25) is 4.79 Å². The minimum atomic E-state index is 0.0183. The van der Waals surface area contributed by atoms with Crippen LogP contribution in [0.15, 0.2) is 12.2 Å². The number of rotatable bonds is 3. The summed E-state index contributed by atoms with van der Waals surface area (Å²) >= 11 is 0. The zero-order valence-electron chi connectivity index (χ0n) is 11.0. The van der Waals surface area contributed by atoms with Crippen LogP contribution in [0.2, 0.25) is 0 Å². The second-order valence-corrected chi connectivity index (χ2v) is 5.54. The largest absolute Gasteiger partial charge is 0.355 e. The average molecular weight is 223 g/mol. The van der Waals surface area contributed by atoms with Crippen LogP contribution in [0.25, 0.3) is 0 Å². The third-order valence-corrected chi connectivity index (χ3v) is 3.99. The van der Waals surface area contributed by atoms with Gasteiger partial charge < -0.3 is 5.32 Å². The van der Waals surface area contributed by atoms with Crippen LogP contribution in [-0.2, 0) is 4.79 Å². The molecule has 0 saturated heterocycles. The summed E-state index contributed by atoms with van der Waals surface area (Å²) < 4.78 is 0. The van der Waals surface area contributed by atoms with Gasteiger partial charge in [-0.15, -0.1) is 0 Å². The Hall–Kier alpha value is -0.790. The summed E-state index contributed by atoms with van der Waals surface area (Å²) in [5.41, 5.74) is 0.785. The third-order valence-electron chi connectivity index (χ3n) is 3.99. The highest BCUT2D eigenvalue weighted by atomic mass is 16.1. The lowest BCUT2D eigenvalue weighted by atomic mass is 9.67. The van der Waals surface area contributed by atoms with Gasteiger partial charge in [-0.25, -0.2) is 0 Å². The molecule has 1 amide bonds. The lowest BCUT2D eigenvalue weighted by Gasteiger charge is -2.38. The highest BCUT2D eigenvalue weighted by Gasteiger charge is 2.34. The maximum atomic E-state index is 11.7. The summed E-state index contributed by atoms with van der Waals surface area (Å²) in [6, 6.07) is 0. The summed E-state index contributed by atoms with van der Waals surface area (Å²) in [7, 11) is 1.68. The molecule has 0 bridgehead atoms. The highest BCUT2D eigenvalue weighted by Crippen LogP contribution is 2.41. The van der Waals surface area contributed by atoms with Crippen molar-refractivity contribution in [2.45, 2.75) is 40.0 Å². The predicted molar refractivity (Wildman–Crippen MR) is 68.0 cm³/mol. The molecule has 1 saturated carbocycles. The van der Waals surface area contributed by atoms with Crippen molar-refractivity contribution in [2.75, 3.05) is 7.05 Å². The van der Waals surface area contributed by atoms with Crippen LogP contribution in [0.1, 0.15) is 40.0 Å². The first-order valence-electron chi connectivity index (χ1n) is 6.38. The Morgan fingerprint density at radius 2 is 2.00 bits per heavy atom. The molecule has 0 heterocycles. The molecule has 0 spiro atoms. The van der Waals surface area contributed by atoms with Crippen LogP contribution in [-0.4, -0.2) is 13.0 Å². The number of nitrogens with one attached hydrogen (secondary N) is 1. The number of carbonyl (C=O) groups is 1. The molecule has 0 radical (unpaired) electrons. The van der Waals surface area contributed by atoms with Crippen LogP contribution in [0.3, 0.4) is 0 Å². The summed E-state index contributed by atoms with van der Waals surface area (Å²) in [5, 5.41) is 2.70. The fourth-order valence-electron chi connectivity index (χ4n) is 2.93. The first kappa shape index (κ1) is 13.3. The van der Waals surface area contributed by atoms with Crippen LogP contribution in [0, 0.1) is 23.7 Å². The molecular weight excluding hydrogens is 198 g/mol. The van der Waals surface area contributed by atoms with Gasteiger partial charge in [0.15, 0.2) is 0 Å². The van der Waals surface area contributed by atoms with E-state index in [1.54, 1.807) is 7.05 Å². The van der Waals surface area contributed by atoms with Gasteiger partial charge in [0.05, 0.1) is 0 Å². The Labute approximate surface area is 99.5 Å². The van der Waals surface area contributed by atoms with Crippen molar-refractivity contribution >= 4 is 5.91 Å². The fourth-order valence-corrected chi connectivity index (χ4v) is 2.93. The molecule has 3 unspecified atom stereocenters. The molecular formula is C14H25NO. The van der Waals surface area contributed by atoms with E-state index < -0.39 is 0 Å². The molecule has 2 nitrogen and oxygen atoms in total. The molecule has 1 N–H and O–H groups in total. The van der Waals surface area contributed by atoms with Crippen LogP contribution in [0.4, 0.5) is 0 Å². The van der Waals surface area contributed by atoms with E-state index in [0.717, 1.165) is 17.9 Å². The van der Waals surface area contributed by atoms with Crippen molar-refractivity contribution in [2.24, 2.45) is 23.7 Å². The summed E-state index contributed by atoms with van der Waals surface area (Å²) in [6.07, 6.45) is 3.65. The van der Waals surface area contributed by atoms with Crippen molar-refractivity contribution in [3.05, 3.63) is 12.2 Å². The van der Waals surface area contributed by atoms with E-state index in [4.69, 9.17) is 0 Å². The van der Waals surface area contributed by atoms with E-state index in [9.17, 15) is 4.79 Å². The molecule has 1 fully saturated rings. The van der Waals surface area contributed by atoms with E-state index >= 15 is 0 Å². The predicted octanol–water partition coefficient (Wildman–Crippen LogP) is 3.00. The van der Waals surface area contributed by atoms with Gasteiger partial charge in [-0.05, 0) is 36.5 Å². The Morgan fingerprint density at radius 3 is 2.50 bits per heavy atom. The molecule has 2 heteroatoms. The van der Waals surface area contributed by atoms with Gasteiger partial charge in [-0.2, -0.15) is 0 Å². The minimum absolute atomic E-state index is 0.0183. The number of likely N-dealkylation sites (N-methyl/N-ethyl adjacent to an activating group) is 1.